The summed E-state index contributed by atoms with van der Waals surface area (Å²) in [5.41, 5.74) is 1.32. The maximum atomic E-state index is 14.3. The molecule has 0 aliphatic heterocycles. The summed E-state index contributed by atoms with van der Waals surface area (Å²) in [6.07, 6.45) is 0.693. The van der Waals surface area contributed by atoms with Gasteiger partial charge < -0.3 is 30.1 Å². The maximum Gasteiger partial charge on any atom is 0.408 e. The Balaban J connectivity index is 2.57. The van der Waals surface area contributed by atoms with E-state index in [9.17, 15) is 24.3 Å². The molecular weight excluding hydrogens is 562 g/mol. The Hall–Kier alpha value is -4.18. The lowest BCUT2D eigenvalue weighted by molar-refractivity contribution is -0.159. The fourth-order valence-corrected chi connectivity index (χ4v) is 4.55. The third-order valence-electron chi connectivity index (χ3n) is 6.35. The predicted molar refractivity (Wildman–Crippen MR) is 169 cm³/mol. The van der Waals surface area contributed by atoms with Gasteiger partial charge in [-0.2, -0.15) is 0 Å². The van der Waals surface area contributed by atoms with Crippen LogP contribution in [0.4, 0.5) is 4.79 Å². The molecule has 0 aromatic heterocycles. The molecule has 10 nitrogen and oxygen atoms in total. The largest absolute Gasteiger partial charge is 0.458 e. The number of amides is 3. The zero-order chi connectivity index (χ0) is 33.2. The minimum Gasteiger partial charge on any atom is -0.458 e. The second-order valence-corrected chi connectivity index (χ2v) is 12.7. The predicted octanol–water partition coefficient (Wildman–Crippen LogP) is 4.31. The van der Waals surface area contributed by atoms with Crippen LogP contribution in [-0.4, -0.2) is 70.3 Å². The first kappa shape index (κ1) is 36.0. The lowest BCUT2D eigenvalue weighted by Gasteiger charge is -2.35. The van der Waals surface area contributed by atoms with Gasteiger partial charge >= 0.3 is 12.1 Å². The Labute approximate surface area is 260 Å². The Bertz CT molecular complexity index is 1310. The number of nitrogens with one attached hydrogen (secondary N) is 2. The van der Waals surface area contributed by atoms with Crippen LogP contribution in [0.1, 0.15) is 69.8 Å². The van der Waals surface area contributed by atoms with Crippen LogP contribution < -0.4 is 10.6 Å². The molecule has 0 saturated carbocycles. The number of hydrogen-bond acceptors (Lipinski definition) is 7. The summed E-state index contributed by atoms with van der Waals surface area (Å²) in [4.78, 5) is 55.3. The van der Waals surface area contributed by atoms with Crippen molar-refractivity contribution in [3.63, 3.8) is 0 Å². The van der Waals surface area contributed by atoms with E-state index in [-0.39, 0.29) is 13.0 Å². The van der Waals surface area contributed by atoms with Gasteiger partial charge in [0.05, 0.1) is 6.61 Å². The van der Waals surface area contributed by atoms with Gasteiger partial charge in [-0.15, -0.1) is 6.58 Å². The summed E-state index contributed by atoms with van der Waals surface area (Å²) in [6.45, 7) is 16.9. The first-order valence-electron chi connectivity index (χ1n) is 14.6. The van der Waals surface area contributed by atoms with Gasteiger partial charge in [0.2, 0.25) is 11.8 Å². The van der Waals surface area contributed by atoms with Gasteiger partial charge in [0.1, 0.15) is 29.3 Å². The van der Waals surface area contributed by atoms with Crippen molar-refractivity contribution in [3.8, 4) is 0 Å². The fourth-order valence-electron chi connectivity index (χ4n) is 4.55. The van der Waals surface area contributed by atoms with Gasteiger partial charge in [-0.25, -0.2) is 9.59 Å². The van der Waals surface area contributed by atoms with Crippen LogP contribution in [0.3, 0.4) is 0 Å². The monoisotopic (exact) mass is 609 g/mol. The average molecular weight is 610 g/mol. The standard InChI is InChI=1S/C34H47N3O7/c1-10-18-37(30(40)27(21-38)36-32(42)44-34(7,8)9)28(25-17-16-22(2)19-23(25)3)29(39)35-26(31(41)43-33(4,5)6)20-24-14-12-11-13-15-24/h10-17,19,26-28,38H,1,18,20-21H2,2-9H3,(H,35,39)(H,36,42). The van der Waals surface area contributed by atoms with Crippen LogP contribution in [0.2, 0.25) is 0 Å². The Morgan fingerprint density at radius 1 is 0.909 bits per heavy atom. The topological polar surface area (TPSA) is 134 Å². The van der Waals surface area contributed by atoms with E-state index in [0.29, 0.717) is 5.56 Å². The third kappa shape index (κ3) is 11.1. The number of benzene rings is 2. The van der Waals surface area contributed by atoms with Crippen LogP contribution in [0.15, 0.2) is 61.2 Å². The molecule has 3 unspecified atom stereocenters. The van der Waals surface area contributed by atoms with Gasteiger partial charge in [0, 0.05) is 13.0 Å². The fraction of sp³-hybridized carbons (Fsp3) is 0.471. The zero-order valence-corrected chi connectivity index (χ0v) is 27.1. The number of alkyl carbamates (subject to hydrolysis) is 1. The highest BCUT2D eigenvalue weighted by Gasteiger charge is 2.38. The van der Waals surface area contributed by atoms with Crippen molar-refractivity contribution in [2.24, 2.45) is 0 Å². The van der Waals surface area contributed by atoms with Crippen molar-refractivity contribution in [2.75, 3.05) is 13.2 Å². The molecule has 3 atom stereocenters. The maximum absolute atomic E-state index is 14.3. The molecule has 10 heteroatoms. The second-order valence-electron chi connectivity index (χ2n) is 12.7. The lowest BCUT2D eigenvalue weighted by Crippen LogP contribution is -2.56. The second kappa shape index (κ2) is 15.5. The highest BCUT2D eigenvalue weighted by Crippen LogP contribution is 2.27. The molecule has 0 radical (unpaired) electrons. The Kier molecular flexibility index (Phi) is 12.7. The molecule has 0 spiro atoms. The summed E-state index contributed by atoms with van der Waals surface area (Å²) in [6, 6.07) is 10.9. The minimum absolute atomic E-state index is 0.105. The molecule has 240 valence electrons. The van der Waals surface area contributed by atoms with E-state index in [1.54, 1.807) is 47.6 Å². The van der Waals surface area contributed by atoms with Crippen molar-refractivity contribution < 1.29 is 33.8 Å². The molecule has 2 rings (SSSR count). The van der Waals surface area contributed by atoms with E-state index in [0.717, 1.165) is 16.7 Å². The number of nitrogens with zero attached hydrogens (tertiary/aromatic N) is 1. The molecule has 0 fully saturated rings. The molecule has 0 aliphatic carbocycles. The summed E-state index contributed by atoms with van der Waals surface area (Å²) in [5.74, 6) is -2.02. The Morgan fingerprint density at radius 2 is 1.52 bits per heavy atom. The van der Waals surface area contributed by atoms with Crippen LogP contribution in [-0.2, 0) is 30.3 Å². The lowest BCUT2D eigenvalue weighted by atomic mass is 9.95. The van der Waals surface area contributed by atoms with E-state index in [2.05, 4.69) is 17.2 Å². The molecule has 2 aromatic rings. The van der Waals surface area contributed by atoms with E-state index in [4.69, 9.17) is 9.47 Å². The third-order valence-corrected chi connectivity index (χ3v) is 6.35. The van der Waals surface area contributed by atoms with Crippen molar-refractivity contribution in [2.45, 2.75) is 91.1 Å². The number of carbonyl (C=O) groups excluding carboxylic acids is 4. The average Bonchev–Trinajstić information content (AvgIpc) is 2.90. The quantitative estimate of drug-likeness (QED) is 0.241. The van der Waals surface area contributed by atoms with Crippen LogP contribution in [0.5, 0.6) is 0 Å². The molecular formula is C34H47N3O7. The minimum atomic E-state index is -1.42. The van der Waals surface area contributed by atoms with Gasteiger partial charge in [-0.1, -0.05) is 60.2 Å². The van der Waals surface area contributed by atoms with Gasteiger partial charge in [0.25, 0.3) is 0 Å². The van der Waals surface area contributed by atoms with Gasteiger partial charge in [-0.05, 0) is 72.1 Å². The van der Waals surface area contributed by atoms with Crippen molar-refractivity contribution >= 4 is 23.9 Å². The molecule has 44 heavy (non-hydrogen) atoms. The molecule has 0 heterocycles. The molecule has 3 amide bonds. The number of ether oxygens (including phenoxy) is 2. The van der Waals surface area contributed by atoms with E-state index < -0.39 is 59.8 Å². The van der Waals surface area contributed by atoms with Crippen molar-refractivity contribution in [3.05, 3.63) is 83.4 Å². The van der Waals surface area contributed by atoms with Crippen LogP contribution in [0, 0.1) is 13.8 Å². The first-order chi connectivity index (χ1) is 20.5. The molecule has 0 aliphatic rings. The Morgan fingerprint density at radius 3 is 2.05 bits per heavy atom. The summed E-state index contributed by atoms with van der Waals surface area (Å²) in [5, 5.41) is 15.4. The van der Waals surface area contributed by atoms with Gasteiger partial charge in [0.15, 0.2) is 0 Å². The van der Waals surface area contributed by atoms with Crippen LogP contribution in [0.25, 0.3) is 0 Å². The molecule has 2 aromatic carbocycles. The summed E-state index contributed by atoms with van der Waals surface area (Å²) >= 11 is 0. The van der Waals surface area contributed by atoms with E-state index >= 15 is 0 Å². The molecule has 0 bridgehead atoms. The number of aliphatic hydroxyl groups is 1. The number of aliphatic hydroxyl groups excluding tert-OH is 1. The van der Waals surface area contributed by atoms with Gasteiger partial charge in [-0.3, -0.25) is 9.59 Å². The molecule has 0 saturated heterocycles. The smallest absolute Gasteiger partial charge is 0.408 e. The summed E-state index contributed by atoms with van der Waals surface area (Å²) in [7, 11) is 0. The number of rotatable bonds is 12. The molecule has 3 N–H and O–H groups in total. The zero-order valence-electron chi connectivity index (χ0n) is 27.1. The number of hydrogen-bond donors (Lipinski definition) is 3. The first-order valence-corrected chi connectivity index (χ1v) is 14.6. The van der Waals surface area contributed by atoms with E-state index in [1.165, 1.54) is 11.0 Å². The normalized spacial score (nSPS) is 13.6. The SMILES string of the molecule is C=CCN(C(=O)C(CO)NC(=O)OC(C)(C)C)C(C(=O)NC(Cc1ccccc1)C(=O)OC(C)(C)C)c1ccc(C)cc1C. The number of carbonyl (C=O) groups is 4. The van der Waals surface area contributed by atoms with E-state index in [1.807, 2.05) is 56.3 Å². The highest BCUT2D eigenvalue weighted by molar-refractivity contribution is 5.94. The number of aryl methyl sites for hydroxylation is 2. The van der Waals surface area contributed by atoms with Crippen molar-refractivity contribution in [1.82, 2.24) is 15.5 Å². The highest BCUT2D eigenvalue weighted by atomic mass is 16.6. The van der Waals surface area contributed by atoms with Crippen LogP contribution >= 0.6 is 0 Å². The summed E-state index contributed by atoms with van der Waals surface area (Å²) < 4.78 is 10.9. The number of esters is 1. The van der Waals surface area contributed by atoms with Crippen molar-refractivity contribution in [1.29, 1.82) is 0 Å².